The Morgan fingerprint density at radius 1 is 0.415 bits per heavy atom. The summed E-state index contributed by atoms with van der Waals surface area (Å²) in [5.41, 5.74) is 16.2. The van der Waals surface area contributed by atoms with Gasteiger partial charge in [0.15, 0.2) is 0 Å². The third kappa shape index (κ3) is 6.70. The summed E-state index contributed by atoms with van der Waals surface area (Å²) in [5.74, 6) is 0. The molecule has 0 N–H and O–H groups in total. The van der Waals surface area contributed by atoms with Gasteiger partial charge in [-0.05, 0) is 112 Å². The molecule has 0 bridgehead atoms. The molecule has 1 aliphatic carbocycles. The highest BCUT2D eigenvalue weighted by Gasteiger charge is 2.26. The van der Waals surface area contributed by atoms with Gasteiger partial charge in [-0.3, -0.25) is 0 Å². The second-order valence-electron chi connectivity index (χ2n) is 14.8. The zero-order valence-electron chi connectivity index (χ0n) is 31.0. The van der Waals surface area contributed by atoms with E-state index in [4.69, 9.17) is 0 Å². The summed E-state index contributed by atoms with van der Waals surface area (Å²) in [6.07, 6.45) is 11.1. The summed E-state index contributed by atoms with van der Waals surface area (Å²) in [4.78, 5) is 10.5. The van der Waals surface area contributed by atoms with Crippen molar-refractivity contribution < 1.29 is 0 Å². The van der Waals surface area contributed by atoms with Crippen molar-refractivity contribution in [2.75, 3.05) is 22.9 Å². The Morgan fingerprint density at radius 2 is 0.830 bits per heavy atom. The van der Waals surface area contributed by atoms with E-state index in [0.29, 0.717) is 0 Å². The third-order valence-electron chi connectivity index (χ3n) is 11.3. The zero-order valence-corrected chi connectivity index (χ0v) is 32.7. The van der Waals surface area contributed by atoms with Gasteiger partial charge in [0.2, 0.25) is 0 Å². The van der Waals surface area contributed by atoms with E-state index in [1.165, 1.54) is 138 Å². The quantitative estimate of drug-likeness (QED) is 0.116. The molecular weight excluding hydrogens is 681 g/mol. The van der Waals surface area contributed by atoms with Crippen LogP contribution < -0.4 is 9.80 Å². The predicted molar refractivity (Wildman–Crippen MR) is 229 cm³/mol. The molecule has 4 heteroatoms. The number of fused-ring (bicyclic) bond motifs is 7. The smallest absolute Gasteiger partial charge is 0.0553 e. The van der Waals surface area contributed by atoms with E-state index < -0.39 is 0 Å². The summed E-state index contributed by atoms with van der Waals surface area (Å²) < 4.78 is 0. The van der Waals surface area contributed by atoms with Crippen molar-refractivity contribution in [2.24, 2.45) is 0 Å². The van der Waals surface area contributed by atoms with Gasteiger partial charge in [0, 0.05) is 32.7 Å². The topological polar surface area (TPSA) is 6.48 Å². The van der Waals surface area contributed by atoms with Crippen LogP contribution in [0.1, 0.15) is 76.3 Å². The molecule has 2 heterocycles. The molecule has 9 rings (SSSR count). The predicted octanol–water partition coefficient (Wildman–Crippen LogP) is 15.0. The van der Waals surface area contributed by atoms with E-state index in [2.05, 4.69) is 145 Å². The summed E-state index contributed by atoms with van der Waals surface area (Å²) >= 11 is 3.84. The van der Waals surface area contributed by atoms with Crippen LogP contribution in [0.15, 0.2) is 141 Å². The summed E-state index contributed by atoms with van der Waals surface area (Å²) in [6, 6.07) is 46.4. The second-order valence-corrected chi connectivity index (χ2v) is 17.0. The van der Waals surface area contributed by atoms with Crippen LogP contribution in [0.25, 0.3) is 33.4 Å². The molecule has 2 aliphatic heterocycles. The molecule has 0 radical (unpaired) electrons. The summed E-state index contributed by atoms with van der Waals surface area (Å²) in [7, 11) is 0. The Labute approximate surface area is 324 Å². The fraction of sp³-hybridized carbons (Fsp3) is 0.265. The number of para-hydroxylation sites is 2. The Morgan fingerprint density at radius 3 is 1.30 bits per heavy atom. The molecule has 0 aromatic heterocycles. The molecule has 3 aliphatic rings. The van der Waals surface area contributed by atoms with Crippen LogP contribution in [-0.2, 0) is 6.42 Å². The zero-order chi connectivity index (χ0) is 35.7. The molecular formula is C49H48N2S2. The van der Waals surface area contributed by atoms with Crippen molar-refractivity contribution in [1.82, 2.24) is 0 Å². The minimum Gasteiger partial charge on any atom is -0.340 e. The number of nitrogens with zero attached hydrogens (tertiary/aromatic N) is 2. The van der Waals surface area contributed by atoms with Crippen molar-refractivity contribution in [3.05, 3.63) is 132 Å². The Kier molecular flexibility index (Phi) is 9.84. The van der Waals surface area contributed by atoms with Gasteiger partial charge < -0.3 is 9.80 Å². The van der Waals surface area contributed by atoms with Crippen molar-refractivity contribution in [3.8, 4) is 33.4 Å². The number of rotatable bonds is 12. The molecule has 53 heavy (non-hydrogen) atoms. The van der Waals surface area contributed by atoms with Crippen LogP contribution in [-0.4, -0.2) is 13.1 Å². The van der Waals surface area contributed by atoms with Gasteiger partial charge in [0.1, 0.15) is 0 Å². The third-order valence-corrected chi connectivity index (χ3v) is 13.5. The molecule has 6 aromatic rings. The largest absolute Gasteiger partial charge is 0.340 e. The molecule has 0 atom stereocenters. The lowest BCUT2D eigenvalue weighted by molar-refractivity contribution is 0.666. The van der Waals surface area contributed by atoms with Gasteiger partial charge in [-0.25, -0.2) is 0 Å². The first-order chi connectivity index (χ1) is 26.2. The lowest BCUT2D eigenvalue weighted by atomic mass is 9.97. The molecule has 6 aromatic carbocycles. The lowest BCUT2D eigenvalue weighted by Gasteiger charge is -2.33. The standard InChI is InChI=1S/C49H48N2S2/c1-3-5-7-13-27-50-42-15-9-11-17-46(42)52-48-32-36(21-25-44(48)50)34-19-23-40-38(29-34)31-39-30-35(20-24-41(39)40)37-22-26-45-49(33-37)53-47-18-12-10-16-43(47)51(45)28-14-8-6-4-2/h9-12,15-26,29-30,32-33H,3-8,13-14,27-28,31H2,1-2H3. The van der Waals surface area contributed by atoms with Gasteiger partial charge in [-0.2, -0.15) is 0 Å². The molecule has 2 nitrogen and oxygen atoms in total. The number of unbranched alkanes of at least 4 members (excludes halogenated alkanes) is 6. The Hall–Kier alpha value is -4.38. The van der Waals surface area contributed by atoms with Crippen LogP contribution in [0, 0.1) is 0 Å². The van der Waals surface area contributed by atoms with Crippen molar-refractivity contribution in [2.45, 2.75) is 91.2 Å². The molecule has 0 amide bonds. The van der Waals surface area contributed by atoms with Gasteiger partial charge in [0.25, 0.3) is 0 Å². The highest BCUT2D eigenvalue weighted by Crippen LogP contribution is 2.51. The van der Waals surface area contributed by atoms with E-state index in [9.17, 15) is 0 Å². The fourth-order valence-electron chi connectivity index (χ4n) is 8.47. The summed E-state index contributed by atoms with van der Waals surface area (Å²) in [5, 5.41) is 0. The van der Waals surface area contributed by atoms with Crippen molar-refractivity contribution in [3.63, 3.8) is 0 Å². The molecule has 0 saturated heterocycles. The van der Waals surface area contributed by atoms with E-state index in [1.807, 2.05) is 23.5 Å². The highest BCUT2D eigenvalue weighted by atomic mass is 32.2. The maximum atomic E-state index is 2.56. The van der Waals surface area contributed by atoms with E-state index in [-0.39, 0.29) is 0 Å². The number of anilines is 4. The second kappa shape index (κ2) is 15.2. The van der Waals surface area contributed by atoms with Crippen LogP contribution in [0.3, 0.4) is 0 Å². The first-order valence-electron chi connectivity index (χ1n) is 19.8. The summed E-state index contributed by atoms with van der Waals surface area (Å²) in [6.45, 7) is 6.71. The van der Waals surface area contributed by atoms with Crippen LogP contribution >= 0.6 is 23.5 Å². The number of hydrogen-bond acceptors (Lipinski definition) is 4. The normalized spacial score (nSPS) is 13.5. The maximum Gasteiger partial charge on any atom is 0.0553 e. The minimum absolute atomic E-state index is 0.976. The monoisotopic (exact) mass is 728 g/mol. The van der Waals surface area contributed by atoms with Gasteiger partial charge in [-0.15, -0.1) is 0 Å². The number of hydrogen-bond donors (Lipinski definition) is 0. The van der Waals surface area contributed by atoms with Crippen molar-refractivity contribution >= 4 is 46.3 Å². The Balaban J connectivity index is 0.960. The van der Waals surface area contributed by atoms with Gasteiger partial charge in [0.05, 0.1) is 22.7 Å². The molecule has 0 spiro atoms. The molecule has 0 unspecified atom stereocenters. The minimum atomic E-state index is 0.976. The van der Waals surface area contributed by atoms with E-state index >= 15 is 0 Å². The van der Waals surface area contributed by atoms with E-state index in [1.54, 1.807) is 0 Å². The maximum absolute atomic E-state index is 2.56. The van der Waals surface area contributed by atoms with Crippen LogP contribution in [0.4, 0.5) is 22.7 Å². The van der Waals surface area contributed by atoms with Crippen LogP contribution in [0.2, 0.25) is 0 Å². The van der Waals surface area contributed by atoms with Crippen molar-refractivity contribution in [1.29, 1.82) is 0 Å². The molecule has 0 saturated carbocycles. The van der Waals surface area contributed by atoms with Crippen LogP contribution in [0.5, 0.6) is 0 Å². The average molecular weight is 729 g/mol. The first kappa shape index (κ1) is 34.4. The van der Waals surface area contributed by atoms with E-state index in [0.717, 1.165) is 19.5 Å². The number of benzene rings is 6. The average Bonchev–Trinajstić information content (AvgIpc) is 3.57. The molecule has 0 fully saturated rings. The lowest BCUT2D eigenvalue weighted by Crippen LogP contribution is -2.21. The first-order valence-corrected chi connectivity index (χ1v) is 21.5. The van der Waals surface area contributed by atoms with Gasteiger partial charge >= 0.3 is 0 Å². The molecule has 266 valence electrons. The highest BCUT2D eigenvalue weighted by molar-refractivity contribution is 8.00. The fourth-order valence-corrected chi connectivity index (χ4v) is 10.7. The SMILES string of the molecule is CCCCCCN1c2ccccc2Sc2cc(-c3ccc4c(c3)Cc3cc(-c5ccc6c(c5)Sc5ccccc5N6CCCCCC)ccc3-4)ccc21. The van der Waals surface area contributed by atoms with Gasteiger partial charge in [-0.1, -0.05) is 149 Å². The Bertz CT molecular complexity index is 2130.